The molecule has 6 nitrogen and oxygen atoms in total. The fraction of sp³-hybridized carbons (Fsp3) is 0.200. The fourth-order valence-electron chi connectivity index (χ4n) is 0.765. The van der Waals surface area contributed by atoms with Gasteiger partial charge in [-0.15, -0.1) is 0 Å². The number of hydrogen-bond donors (Lipinski definition) is 4. The molecule has 0 radical (unpaired) electrons. The summed E-state index contributed by atoms with van der Waals surface area (Å²) >= 11 is 0. The Kier molecular flexibility index (Phi) is 3.67. The third-order valence-electron chi connectivity index (χ3n) is 1.42. The third kappa shape index (κ3) is 2.70. The summed E-state index contributed by atoms with van der Waals surface area (Å²) in [6, 6.07) is 0. The molecule has 5 N–H and O–H groups in total. The Bertz CT molecular complexity index is 316. The van der Waals surface area contributed by atoms with E-state index in [1.807, 2.05) is 0 Å². The van der Waals surface area contributed by atoms with Gasteiger partial charge in [0.05, 0.1) is 0 Å². The van der Waals surface area contributed by atoms with Crippen LogP contribution in [0.25, 0.3) is 0 Å². The van der Waals surface area contributed by atoms with Crippen LogP contribution in [0.1, 0.15) is 6.92 Å². The molecule has 1 aliphatic rings. The van der Waals surface area contributed by atoms with Gasteiger partial charge < -0.3 is 0 Å². The van der Waals surface area contributed by atoms with Crippen molar-refractivity contribution in [3.8, 4) is 0 Å². The minimum absolute atomic E-state index is 0. The molecule has 1 amide bonds. The van der Waals surface area contributed by atoms with Crippen molar-refractivity contribution in [2.24, 2.45) is 10.7 Å². The largest absolute Gasteiger partial charge is 2.00 e. The molecule has 68 valence electrons. The van der Waals surface area contributed by atoms with E-state index in [1.165, 1.54) is 6.92 Å². The molecule has 0 atom stereocenters. The molecule has 0 bridgehead atoms. The molecule has 0 saturated carbocycles. The SMILES string of the molecule is CC1=CP(O)(O)(O)C(=O)N=C1N.[Ca+2]. The Labute approximate surface area is 104 Å². The number of carbonyl (C=O) groups is 1. The zero-order valence-electron chi connectivity index (χ0n) is 7.01. The van der Waals surface area contributed by atoms with E-state index in [2.05, 4.69) is 4.99 Å². The minimum Gasteiger partial charge on any atom is 2.00 e. The summed E-state index contributed by atoms with van der Waals surface area (Å²) in [6.45, 7) is 1.41. The van der Waals surface area contributed by atoms with Gasteiger partial charge >= 0.3 is 105 Å². The molecule has 0 aliphatic carbocycles. The number of aliphatic imine (C=N–C) groups is 1. The van der Waals surface area contributed by atoms with E-state index in [4.69, 9.17) is 20.4 Å². The molecule has 0 spiro atoms. The predicted molar refractivity (Wildman–Crippen MR) is 50.1 cm³/mol. The van der Waals surface area contributed by atoms with Crippen LogP contribution in [-0.4, -0.2) is 63.9 Å². The summed E-state index contributed by atoms with van der Waals surface area (Å²) in [5.74, 6) is 0.549. The van der Waals surface area contributed by atoms with Gasteiger partial charge in [0.2, 0.25) is 0 Å². The maximum atomic E-state index is 10.8. The standard InChI is InChI=1S/C5H9N2O4P.Ca/c1-3-2-12(9,10,11)5(8)7-4(3)6;/h2,9-11H,1H3,(H2,6,7,8);/q;+2. The monoisotopic (exact) mass is 232 g/mol. The molecule has 0 aromatic rings. The molecule has 0 saturated heterocycles. The molecule has 0 aromatic heterocycles. The minimum atomic E-state index is -5.33. The number of amides is 1. The second-order valence-corrected chi connectivity index (χ2v) is 5.36. The molecular formula is C5H9CaN2O4P+2. The summed E-state index contributed by atoms with van der Waals surface area (Å²) in [6.07, 6.45) is 0. The summed E-state index contributed by atoms with van der Waals surface area (Å²) in [7, 11) is -5.33. The maximum absolute atomic E-state index is 10.8. The Balaban J connectivity index is 0.00000144. The van der Waals surface area contributed by atoms with Gasteiger partial charge in [0.25, 0.3) is 0 Å². The smallest absolute Gasteiger partial charge is 2.00 e. The molecule has 8 heteroatoms. The first-order chi connectivity index (χ1) is 5.21. The van der Waals surface area contributed by atoms with Crippen LogP contribution in [0.5, 0.6) is 0 Å². The summed E-state index contributed by atoms with van der Waals surface area (Å²) in [4.78, 5) is 41.0. The number of nitrogens with zero attached hydrogens (tertiary/aromatic N) is 1. The van der Waals surface area contributed by atoms with Gasteiger partial charge in [-0.05, 0) is 0 Å². The van der Waals surface area contributed by atoms with Crippen molar-refractivity contribution >= 4 is 56.5 Å². The predicted octanol–water partition coefficient (Wildman–Crippen LogP) is -0.725. The summed E-state index contributed by atoms with van der Waals surface area (Å²) < 4.78 is 0. The van der Waals surface area contributed by atoms with E-state index in [0.717, 1.165) is 0 Å². The molecule has 0 unspecified atom stereocenters. The molecule has 1 rings (SSSR count). The number of carbonyl (C=O) groups excluding carboxylic acids is 1. The van der Waals surface area contributed by atoms with E-state index >= 15 is 0 Å². The Morgan fingerprint density at radius 3 is 2.31 bits per heavy atom. The van der Waals surface area contributed by atoms with Crippen molar-refractivity contribution < 1.29 is 19.5 Å². The van der Waals surface area contributed by atoms with Crippen LogP contribution in [0, 0.1) is 0 Å². The van der Waals surface area contributed by atoms with Gasteiger partial charge in [-0.25, -0.2) is 0 Å². The number of rotatable bonds is 0. The summed E-state index contributed by atoms with van der Waals surface area (Å²) in [5.41, 5.74) is 3.99. The molecular weight excluding hydrogens is 223 g/mol. The van der Waals surface area contributed by atoms with E-state index in [-0.39, 0.29) is 49.1 Å². The zero-order valence-corrected chi connectivity index (χ0v) is 10.1. The van der Waals surface area contributed by atoms with Crippen molar-refractivity contribution in [1.29, 1.82) is 0 Å². The van der Waals surface area contributed by atoms with Gasteiger partial charge in [0.15, 0.2) is 0 Å². The fourth-order valence-corrected chi connectivity index (χ4v) is 2.02. The van der Waals surface area contributed by atoms with E-state index in [9.17, 15) is 4.79 Å². The normalized spacial score (nSPS) is 27.4. The number of amidine groups is 1. The first-order valence-electron chi connectivity index (χ1n) is 3.06. The van der Waals surface area contributed by atoms with Crippen LogP contribution >= 0.6 is 7.28 Å². The Morgan fingerprint density at radius 2 is 1.92 bits per heavy atom. The number of hydrogen-bond acceptors (Lipinski definition) is 5. The molecule has 1 heterocycles. The van der Waals surface area contributed by atoms with Crippen molar-refractivity contribution in [1.82, 2.24) is 0 Å². The van der Waals surface area contributed by atoms with Gasteiger partial charge in [-0.1, -0.05) is 0 Å². The number of nitrogens with two attached hydrogens (primary N) is 1. The van der Waals surface area contributed by atoms with Crippen LogP contribution in [-0.2, 0) is 0 Å². The third-order valence-corrected chi connectivity index (χ3v) is 3.12. The van der Waals surface area contributed by atoms with Crippen LogP contribution in [0.3, 0.4) is 0 Å². The van der Waals surface area contributed by atoms with Crippen LogP contribution in [0.4, 0.5) is 4.79 Å². The Morgan fingerprint density at radius 1 is 1.46 bits per heavy atom. The van der Waals surface area contributed by atoms with Crippen LogP contribution < -0.4 is 5.73 Å². The average molecular weight is 232 g/mol. The maximum Gasteiger partial charge on any atom is 2.00 e. The van der Waals surface area contributed by atoms with Gasteiger partial charge in [-0.2, -0.15) is 0 Å². The van der Waals surface area contributed by atoms with Gasteiger partial charge in [0.1, 0.15) is 0 Å². The van der Waals surface area contributed by atoms with Crippen LogP contribution in [0.2, 0.25) is 0 Å². The first-order valence-corrected chi connectivity index (χ1v) is 5.22. The topological polar surface area (TPSA) is 116 Å². The van der Waals surface area contributed by atoms with E-state index < -0.39 is 12.9 Å². The molecule has 0 aromatic carbocycles. The molecule has 13 heavy (non-hydrogen) atoms. The second kappa shape index (κ2) is 3.55. The Hall–Kier alpha value is 0.450. The van der Waals surface area contributed by atoms with Crippen molar-refractivity contribution in [3.05, 3.63) is 11.4 Å². The van der Waals surface area contributed by atoms with Crippen molar-refractivity contribution in [3.63, 3.8) is 0 Å². The zero-order chi connectivity index (χ0) is 9.59. The van der Waals surface area contributed by atoms with Crippen molar-refractivity contribution in [2.45, 2.75) is 6.92 Å². The molecule has 1 aliphatic heterocycles. The molecule has 0 fully saturated rings. The van der Waals surface area contributed by atoms with E-state index in [0.29, 0.717) is 5.82 Å². The van der Waals surface area contributed by atoms with Crippen molar-refractivity contribution in [2.75, 3.05) is 0 Å². The quantitative estimate of drug-likeness (QED) is 0.325. The van der Waals surface area contributed by atoms with Gasteiger partial charge in [0, 0.05) is 0 Å². The van der Waals surface area contributed by atoms with Gasteiger partial charge in [-0.3, -0.25) is 0 Å². The first kappa shape index (κ1) is 13.4. The van der Waals surface area contributed by atoms with Crippen LogP contribution in [0.15, 0.2) is 16.4 Å². The average Bonchev–Trinajstić information content (AvgIpc) is 1.82. The van der Waals surface area contributed by atoms with E-state index in [1.54, 1.807) is 0 Å². The summed E-state index contributed by atoms with van der Waals surface area (Å²) in [5, 5.41) is 0. The second-order valence-electron chi connectivity index (χ2n) is 2.64.